The zero-order chi connectivity index (χ0) is 13.2. The summed E-state index contributed by atoms with van der Waals surface area (Å²) in [5.41, 5.74) is 8.35. The maximum atomic E-state index is 11.4. The lowest BCUT2D eigenvalue weighted by molar-refractivity contribution is 0.100. The van der Waals surface area contributed by atoms with Gasteiger partial charge in [-0.15, -0.1) is 0 Å². The van der Waals surface area contributed by atoms with Crippen molar-refractivity contribution < 1.29 is 4.79 Å². The van der Waals surface area contributed by atoms with Crippen LogP contribution in [0.4, 0.5) is 0 Å². The molecule has 0 atom stereocenters. The van der Waals surface area contributed by atoms with Crippen LogP contribution in [0.25, 0.3) is 22.2 Å². The Morgan fingerprint density at radius 1 is 0.895 bits per heavy atom. The third-order valence-corrected chi connectivity index (χ3v) is 3.06. The van der Waals surface area contributed by atoms with Crippen molar-refractivity contribution in [3.8, 4) is 11.3 Å². The van der Waals surface area contributed by atoms with Crippen LogP contribution in [0.15, 0.2) is 60.7 Å². The molecule has 3 rings (SSSR count). The summed E-state index contributed by atoms with van der Waals surface area (Å²) < 4.78 is 0. The van der Waals surface area contributed by atoms with E-state index < -0.39 is 5.91 Å². The van der Waals surface area contributed by atoms with E-state index in [9.17, 15) is 4.79 Å². The molecule has 1 amide bonds. The fraction of sp³-hybridized carbons (Fsp3) is 0. The van der Waals surface area contributed by atoms with Crippen molar-refractivity contribution in [2.75, 3.05) is 0 Å². The molecule has 2 N–H and O–H groups in total. The maximum absolute atomic E-state index is 11.4. The van der Waals surface area contributed by atoms with Crippen molar-refractivity contribution in [1.29, 1.82) is 0 Å². The molecular formula is C16H12N2O. The lowest BCUT2D eigenvalue weighted by atomic mass is 10.1. The monoisotopic (exact) mass is 248 g/mol. The number of nitrogens with zero attached hydrogens (tertiary/aromatic N) is 1. The number of aromatic nitrogens is 1. The lowest BCUT2D eigenvalue weighted by Gasteiger charge is -2.05. The highest BCUT2D eigenvalue weighted by Crippen LogP contribution is 2.22. The molecule has 0 fully saturated rings. The molecule has 1 heterocycles. The summed E-state index contributed by atoms with van der Waals surface area (Å²) in [6.45, 7) is 0. The van der Waals surface area contributed by atoms with Crippen molar-refractivity contribution in [2.45, 2.75) is 0 Å². The Morgan fingerprint density at radius 2 is 1.68 bits per heavy atom. The van der Waals surface area contributed by atoms with Crippen LogP contribution in [0.3, 0.4) is 0 Å². The number of amides is 1. The van der Waals surface area contributed by atoms with Crippen molar-refractivity contribution in [3.63, 3.8) is 0 Å². The smallest absolute Gasteiger partial charge is 0.250 e. The molecule has 3 nitrogen and oxygen atoms in total. The van der Waals surface area contributed by atoms with E-state index in [-0.39, 0.29) is 0 Å². The second kappa shape index (κ2) is 4.53. The molecule has 1 aromatic heterocycles. The number of pyridine rings is 1. The minimum Gasteiger partial charge on any atom is -0.366 e. The van der Waals surface area contributed by atoms with Crippen LogP contribution in [0.1, 0.15) is 10.4 Å². The van der Waals surface area contributed by atoms with Gasteiger partial charge >= 0.3 is 0 Å². The number of benzene rings is 2. The van der Waals surface area contributed by atoms with E-state index in [1.54, 1.807) is 6.07 Å². The lowest BCUT2D eigenvalue weighted by Crippen LogP contribution is -2.11. The highest BCUT2D eigenvalue weighted by molar-refractivity contribution is 6.05. The SMILES string of the molecule is NC(=O)c1cccc2ccc(-c3ccccc3)nc12. The Morgan fingerprint density at radius 3 is 2.42 bits per heavy atom. The minimum atomic E-state index is -0.455. The molecule has 0 bridgehead atoms. The number of hydrogen-bond donors (Lipinski definition) is 1. The molecule has 0 aliphatic carbocycles. The first kappa shape index (κ1) is 11.4. The van der Waals surface area contributed by atoms with Gasteiger partial charge in [-0.25, -0.2) is 4.98 Å². The van der Waals surface area contributed by atoms with E-state index in [0.717, 1.165) is 16.6 Å². The molecule has 92 valence electrons. The summed E-state index contributed by atoms with van der Waals surface area (Å²) in [6.07, 6.45) is 0. The van der Waals surface area contributed by atoms with Crippen LogP contribution in [-0.2, 0) is 0 Å². The van der Waals surface area contributed by atoms with Gasteiger partial charge in [0.25, 0.3) is 5.91 Å². The maximum Gasteiger partial charge on any atom is 0.250 e. The van der Waals surface area contributed by atoms with Crippen LogP contribution < -0.4 is 5.73 Å². The van der Waals surface area contributed by atoms with Crippen LogP contribution >= 0.6 is 0 Å². The summed E-state index contributed by atoms with van der Waals surface area (Å²) in [4.78, 5) is 16.0. The van der Waals surface area contributed by atoms with Gasteiger partial charge < -0.3 is 5.73 Å². The molecule has 0 aliphatic heterocycles. The van der Waals surface area contributed by atoms with Crippen molar-refractivity contribution in [3.05, 3.63) is 66.2 Å². The molecule has 19 heavy (non-hydrogen) atoms. The third-order valence-electron chi connectivity index (χ3n) is 3.06. The van der Waals surface area contributed by atoms with Crippen molar-refractivity contribution in [2.24, 2.45) is 5.73 Å². The first-order chi connectivity index (χ1) is 9.25. The van der Waals surface area contributed by atoms with Gasteiger partial charge in [0.1, 0.15) is 0 Å². The summed E-state index contributed by atoms with van der Waals surface area (Å²) in [6, 6.07) is 19.2. The number of primary amides is 1. The number of nitrogens with two attached hydrogens (primary N) is 1. The molecule has 0 aliphatic rings. The molecule has 0 spiro atoms. The van der Waals surface area contributed by atoms with Gasteiger partial charge in [-0.05, 0) is 12.1 Å². The zero-order valence-electron chi connectivity index (χ0n) is 10.2. The predicted octanol–water partition coefficient (Wildman–Crippen LogP) is 3.00. The molecule has 2 aromatic carbocycles. The average molecular weight is 248 g/mol. The van der Waals surface area contributed by atoms with Gasteiger partial charge in [0.15, 0.2) is 0 Å². The van der Waals surface area contributed by atoms with Gasteiger partial charge in [-0.3, -0.25) is 4.79 Å². The topological polar surface area (TPSA) is 56.0 Å². The number of para-hydroxylation sites is 1. The van der Waals surface area contributed by atoms with E-state index in [1.165, 1.54) is 0 Å². The average Bonchev–Trinajstić information content (AvgIpc) is 2.47. The van der Waals surface area contributed by atoms with Crippen molar-refractivity contribution >= 4 is 16.8 Å². The van der Waals surface area contributed by atoms with Crippen LogP contribution in [0, 0.1) is 0 Å². The Hall–Kier alpha value is -2.68. The first-order valence-corrected chi connectivity index (χ1v) is 6.01. The molecule has 3 aromatic rings. The molecule has 3 heteroatoms. The van der Waals surface area contributed by atoms with Gasteiger partial charge in [0.2, 0.25) is 0 Å². The molecule has 0 saturated carbocycles. The molecule has 0 radical (unpaired) electrons. The van der Waals surface area contributed by atoms with Gasteiger partial charge in [0, 0.05) is 10.9 Å². The Labute approximate surface area is 110 Å². The van der Waals surface area contributed by atoms with Crippen LogP contribution in [0.5, 0.6) is 0 Å². The minimum absolute atomic E-state index is 0.454. The number of carbonyl (C=O) groups is 1. The molecule has 0 unspecified atom stereocenters. The zero-order valence-corrected chi connectivity index (χ0v) is 10.2. The summed E-state index contributed by atoms with van der Waals surface area (Å²) in [5, 5.41) is 0.913. The quantitative estimate of drug-likeness (QED) is 0.758. The predicted molar refractivity (Wildman–Crippen MR) is 75.7 cm³/mol. The Kier molecular flexibility index (Phi) is 2.72. The normalized spacial score (nSPS) is 10.5. The number of carbonyl (C=O) groups excluding carboxylic acids is 1. The summed E-state index contributed by atoms with van der Waals surface area (Å²) >= 11 is 0. The van der Waals surface area contributed by atoms with E-state index in [0.29, 0.717) is 11.1 Å². The second-order valence-corrected chi connectivity index (χ2v) is 4.30. The van der Waals surface area contributed by atoms with Crippen LogP contribution in [-0.4, -0.2) is 10.9 Å². The Bertz CT molecular complexity index is 751. The van der Waals surface area contributed by atoms with Gasteiger partial charge in [-0.2, -0.15) is 0 Å². The molecular weight excluding hydrogens is 236 g/mol. The fourth-order valence-electron chi connectivity index (χ4n) is 2.12. The number of hydrogen-bond acceptors (Lipinski definition) is 2. The van der Waals surface area contributed by atoms with Crippen LogP contribution in [0.2, 0.25) is 0 Å². The standard InChI is InChI=1S/C16H12N2O/c17-16(19)13-8-4-7-12-9-10-14(18-15(12)13)11-5-2-1-3-6-11/h1-10H,(H2,17,19). The summed E-state index contributed by atoms with van der Waals surface area (Å²) in [5.74, 6) is -0.455. The van der Waals surface area contributed by atoms with Crippen molar-refractivity contribution in [1.82, 2.24) is 4.98 Å². The van der Waals surface area contributed by atoms with Gasteiger partial charge in [-0.1, -0.05) is 48.5 Å². The fourth-order valence-corrected chi connectivity index (χ4v) is 2.12. The molecule has 0 saturated heterocycles. The number of fused-ring (bicyclic) bond motifs is 1. The highest BCUT2D eigenvalue weighted by Gasteiger charge is 2.08. The largest absolute Gasteiger partial charge is 0.366 e. The van der Waals surface area contributed by atoms with Gasteiger partial charge in [0.05, 0.1) is 16.8 Å². The highest BCUT2D eigenvalue weighted by atomic mass is 16.1. The van der Waals surface area contributed by atoms with E-state index in [4.69, 9.17) is 5.73 Å². The first-order valence-electron chi connectivity index (χ1n) is 6.01. The second-order valence-electron chi connectivity index (χ2n) is 4.30. The van der Waals surface area contributed by atoms with E-state index >= 15 is 0 Å². The Balaban J connectivity index is 2.25. The summed E-state index contributed by atoms with van der Waals surface area (Å²) in [7, 11) is 0. The van der Waals surface area contributed by atoms with E-state index in [2.05, 4.69) is 4.98 Å². The third kappa shape index (κ3) is 2.06. The number of rotatable bonds is 2. The van der Waals surface area contributed by atoms with E-state index in [1.807, 2.05) is 54.6 Å².